The standard InChI is InChI=1S/C29H35F2N5O4S/c1-4-17(2)24(28(39)36-14-20(21(31)13-30)26-25(36)23(37)15-40-26)33-27(38)19-7-5-18(6-8-19)22-16-41-29(32-22)35-11-9-34(3)10-12-35/h5-8,13,16-17,20,24-26H,4,9-12,14-15H2,1-3H3,(H,33,38)/b21-13-. The Hall–Kier alpha value is -3.22. The van der Waals surface area contributed by atoms with Gasteiger partial charge in [0, 0.05) is 49.2 Å². The Morgan fingerprint density at radius 2 is 1.93 bits per heavy atom. The first-order valence-corrected chi connectivity index (χ1v) is 14.8. The highest BCUT2D eigenvalue weighted by Gasteiger charge is 2.54. The zero-order valence-corrected chi connectivity index (χ0v) is 24.2. The lowest BCUT2D eigenvalue weighted by Crippen LogP contribution is -2.54. The van der Waals surface area contributed by atoms with E-state index in [2.05, 4.69) is 22.2 Å². The van der Waals surface area contributed by atoms with Crippen molar-refractivity contribution in [1.29, 1.82) is 0 Å². The number of likely N-dealkylation sites (tertiary alicyclic amines) is 1. The summed E-state index contributed by atoms with van der Waals surface area (Å²) in [5.41, 5.74) is 2.08. The average molecular weight is 588 g/mol. The number of likely N-dealkylation sites (N-methyl/N-ethyl adjacent to an activating group) is 1. The fourth-order valence-electron chi connectivity index (χ4n) is 5.63. The van der Waals surface area contributed by atoms with Gasteiger partial charge in [0.05, 0.1) is 17.7 Å². The highest BCUT2D eigenvalue weighted by molar-refractivity contribution is 7.14. The second-order valence-corrected chi connectivity index (χ2v) is 11.8. The molecule has 9 nitrogen and oxygen atoms in total. The van der Waals surface area contributed by atoms with E-state index in [1.54, 1.807) is 23.5 Å². The number of ketones is 1. The van der Waals surface area contributed by atoms with Gasteiger partial charge in [-0.05, 0) is 25.1 Å². The molecule has 3 aliphatic rings. The maximum Gasteiger partial charge on any atom is 0.251 e. The zero-order valence-electron chi connectivity index (χ0n) is 23.4. The van der Waals surface area contributed by atoms with E-state index in [1.807, 2.05) is 31.4 Å². The van der Waals surface area contributed by atoms with Gasteiger partial charge in [0.25, 0.3) is 5.91 Å². The number of nitrogens with zero attached hydrogens (tertiary/aromatic N) is 4. The van der Waals surface area contributed by atoms with E-state index >= 15 is 0 Å². The molecule has 3 aliphatic heterocycles. The smallest absolute Gasteiger partial charge is 0.251 e. The maximum atomic E-state index is 14.2. The molecule has 1 aromatic carbocycles. The highest BCUT2D eigenvalue weighted by atomic mass is 32.1. The van der Waals surface area contributed by atoms with Gasteiger partial charge in [-0.25, -0.2) is 13.8 Å². The molecule has 2 amide bonds. The Bertz CT molecular complexity index is 1310. The largest absolute Gasteiger partial charge is 0.367 e. The van der Waals surface area contributed by atoms with Crippen LogP contribution in [0.25, 0.3) is 11.3 Å². The van der Waals surface area contributed by atoms with Crippen molar-refractivity contribution in [2.24, 2.45) is 11.8 Å². The van der Waals surface area contributed by atoms with Crippen LogP contribution in [-0.4, -0.2) is 96.9 Å². The predicted molar refractivity (Wildman–Crippen MR) is 152 cm³/mol. The fourth-order valence-corrected chi connectivity index (χ4v) is 6.51. The molecule has 0 bridgehead atoms. The fraction of sp³-hybridized carbons (Fsp3) is 0.517. The molecule has 12 heteroatoms. The number of thiazole rings is 1. The van der Waals surface area contributed by atoms with Crippen LogP contribution >= 0.6 is 11.3 Å². The zero-order chi connectivity index (χ0) is 29.3. The summed E-state index contributed by atoms with van der Waals surface area (Å²) in [5, 5.41) is 5.82. The molecule has 5 unspecified atom stereocenters. The molecule has 2 aromatic rings. The summed E-state index contributed by atoms with van der Waals surface area (Å²) in [6, 6.07) is 5.07. The molecule has 0 saturated carbocycles. The van der Waals surface area contributed by atoms with Gasteiger partial charge < -0.3 is 24.8 Å². The third kappa shape index (κ3) is 5.91. The molecule has 0 aliphatic carbocycles. The van der Waals surface area contributed by atoms with Gasteiger partial charge in [-0.15, -0.1) is 11.3 Å². The van der Waals surface area contributed by atoms with Crippen molar-refractivity contribution in [3.63, 3.8) is 0 Å². The van der Waals surface area contributed by atoms with E-state index in [9.17, 15) is 23.2 Å². The summed E-state index contributed by atoms with van der Waals surface area (Å²) in [6.45, 7) is 7.10. The van der Waals surface area contributed by atoms with Gasteiger partial charge in [-0.2, -0.15) is 0 Å². The number of hydrogen-bond donors (Lipinski definition) is 1. The SMILES string of the molecule is CCC(C)C(NC(=O)c1ccc(-c2csc(N3CCN(C)CC3)n2)cc1)C(=O)N1CC(/C(F)=C/F)C2OCC(=O)C21. The summed E-state index contributed by atoms with van der Waals surface area (Å²) in [4.78, 5) is 50.1. The van der Waals surface area contributed by atoms with Crippen molar-refractivity contribution in [2.45, 2.75) is 38.5 Å². The van der Waals surface area contributed by atoms with Crippen molar-refractivity contribution in [3.05, 3.63) is 47.4 Å². The number of ether oxygens (including phenoxy) is 1. The summed E-state index contributed by atoms with van der Waals surface area (Å²) >= 11 is 1.60. The van der Waals surface area contributed by atoms with Crippen LogP contribution in [0.4, 0.5) is 13.9 Å². The minimum absolute atomic E-state index is 0.154. The average Bonchev–Trinajstić information content (AvgIpc) is 3.72. The normalized spacial score (nSPS) is 24.9. The number of hydrogen-bond acceptors (Lipinski definition) is 8. The number of anilines is 1. The molecular formula is C29H35F2N5O4S. The lowest BCUT2D eigenvalue weighted by atomic mass is 9.96. The van der Waals surface area contributed by atoms with E-state index < -0.39 is 41.7 Å². The molecule has 1 aromatic heterocycles. The van der Waals surface area contributed by atoms with Crippen LogP contribution in [0.15, 0.2) is 41.8 Å². The number of amides is 2. The minimum atomic E-state index is -1.07. The van der Waals surface area contributed by atoms with Crippen molar-refractivity contribution >= 4 is 34.1 Å². The van der Waals surface area contributed by atoms with Crippen LogP contribution in [0, 0.1) is 11.8 Å². The number of nitrogens with one attached hydrogen (secondary N) is 1. The second kappa shape index (κ2) is 12.3. The first kappa shape index (κ1) is 29.3. The monoisotopic (exact) mass is 587 g/mol. The van der Waals surface area contributed by atoms with E-state index in [0.29, 0.717) is 12.0 Å². The first-order chi connectivity index (χ1) is 19.7. The Morgan fingerprint density at radius 3 is 2.59 bits per heavy atom. The number of aromatic nitrogens is 1. The number of fused-ring (bicyclic) bond motifs is 1. The van der Waals surface area contributed by atoms with Crippen molar-refractivity contribution < 1.29 is 27.9 Å². The van der Waals surface area contributed by atoms with E-state index in [1.165, 1.54) is 4.90 Å². The van der Waals surface area contributed by atoms with Crippen LogP contribution in [0.5, 0.6) is 0 Å². The van der Waals surface area contributed by atoms with Gasteiger partial charge in [0.2, 0.25) is 5.91 Å². The molecule has 220 valence electrons. The lowest BCUT2D eigenvalue weighted by Gasteiger charge is -2.32. The first-order valence-electron chi connectivity index (χ1n) is 13.9. The van der Waals surface area contributed by atoms with Gasteiger partial charge in [0.15, 0.2) is 10.9 Å². The van der Waals surface area contributed by atoms with Gasteiger partial charge >= 0.3 is 0 Å². The van der Waals surface area contributed by atoms with Crippen LogP contribution < -0.4 is 10.2 Å². The highest BCUT2D eigenvalue weighted by Crippen LogP contribution is 2.37. The number of Topliss-reactive ketones (excluding diaryl/α,β-unsaturated/α-hetero) is 1. The minimum Gasteiger partial charge on any atom is -0.367 e. The summed E-state index contributed by atoms with van der Waals surface area (Å²) in [6.07, 6.45) is -0.524. The number of carbonyl (C=O) groups is 3. The summed E-state index contributed by atoms with van der Waals surface area (Å²) < 4.78 is 32.7. The van der Waals surface area contributed by atoms with E-state index in [4.69, 9.17) is 9.72 Å². The van der Waals surface area contributed by atoms with Crippen LogP contribution in [0.2, 0.25) is 0 Å². The molecule has 1 N–H and O–H groups in total. The lowest BCUT2D eigenvalue weighted by molar-refractivity contribution is -0.139. The summed E-state index contributed by atoms with van der Waals surface area (Å²) in [7, 11) is 2.11. The Balaban J connectivity index is 1.29. The molecule has 3 saturated heterocycles. The maximum absolute atomic E-state index is 14.2. The number of halogens is 2. The van der Waals surface area contributed by atoms with Crippen LogP contribution in [-0.2, 0) is 14.3 Å². The summed E-state index contributed by atoms with van der Waals surface area (Å²) in [5.74, 6) is -3.71. The molecular weight excluding hydrogens is 552 g/mol. The molecule has 0 spiro atoms. The number of piperazine rings is 1. The molecule has 0 radical (unpaired) electrons. The van der Waals surface area contributed by atoms with E-state index in [0.717, 1.165) is 42.6 Å². The van der Waals surface area contributed by atoms with Crippen molar-refractivity contribution in [3.8, 4) is 11.3 Å². The van der Waals surface area contributed by atoms with Crippen LogP contribution in [0.3, 0.4) is 0 Å². The molecule has 3 fully saturated rings. The number of carbonyl (C=O) groups excluding carboxylic acids is 3. The molecule has 41 heavy (non-hydrogen) atoms. The number of benzene rings is 1. The topological polar surface area (TPSA) is 95.1 Å². The van der Waals surface area contributed by atoms with Crippen molar-refractivity contribution in [1.82, 2.24) is 20.1 Å². The van der Waals surface area contributed by atoms with Crippen LogP contribution in [0.1, 0.15) is 30.6 Å². The Morgan fingerprint density at radius 1 is 1.22 bits per heavy atom. The molecule has 4 heterocycles. The predicted octanol–water partition coefficient (Wildman–Crippen LogP) is 3.28. The van der Waals surface area contributed by atoms with Gasteiger partial charge in [0.1, 0.15) is 30.8 Å². The second-order valence-electron chi connectivity index (χ2n) is 11.0. The van der Waals surface area contributed by atoms with E-state index in [-0.39, 0.29) is 31.2 Å². The Labute approximate surface area is 242 Å². The molecule has 5 rings (SSSR count). The van der Waals surface area contributed by atoms with Gasteiger partial charge in [-0.1, -0.05) is 32.4 Å². The Kier molecular flexibility index (Phi) is 8.81. The van der Waals surface area contributed by atoms with Gasteiger partial charge in [-0.3, -0.25) is 14.4 Å². The number of rotatable bonds is 8. The van der Waals surface area contributed by atoms with Crippen molar-refractivity contribution in [2.75, 3.05) is 51.3 Å². The quantitative estimate of drug-likeness (QED) is 0.507. The third-order valence-corrected chi connectivity index (χ3v) is 9.30. The molecule has 5 atom stereocenters. The third-order valence-electron chi connectivity index (χ3n) is 8.40.